The molecule has 0 aliphatic heterocycles. The lowest BCUT2D eigenvalue weighted by molar-refractivity contribution is -0.290. The van der Waals surface area contributed by atoms with Crippen LogP contribution < -0.4 is 10.4 Å². The summed E-state index contributed by atoms with van der Waals surface area (Å²) in [4.78, 5) is 15.4. The predicted molar refractivity (Wildman–Crippen MR) is 97.8 cm³/mol. The first kappa shape index (κ1) is 25.4. The number of hydrogen-bond acceptors (Lipinski definition) is 6. The van der Waals surface area contributed by atoms with Crippen LogP contribution in [0.4, 0.5) is 35.1 Å². The Morgan fingerprint density at radius 1 is 1.06 bits per heavy atom. The molecule has 0 aliphatic rings. The zero-order chi connectivity index (χ0) is 25.7. The zero-order valence-electron chi connectivity index (χ0n) is 16.7. The van der Waals surface area contributed by atoms with Crippen molar-refractivity contribution in [1.82, 2.24) is 19.2 Å². The minimum absolute atomic E-state index is 0.315. The van der Waals surface area contributed by atoms with Gasteiger partial charge in [0.05, 0.1) is 17.5 Å². The topological polar surface area (TPSA) is 95.6 Å². The molecule has 186 valence electrons. The highest BCUT2D eigenvalue weighted by molar-refractivity contribution is 7.91. The average Bonchev–Trinajstić information content (AvgIpc) is 3.06. The maximum absolute atomic E-state index is 13.1. The first-order chi connectivity index (χ1) is 15.5. The number of rotatable bonds is 6. The Kier molecular flexibility index (Phi) is 6.13. The highest BCUT2D eigenvalue weighted by Gasteiger charge is 2.58. The van der Waals surface area contributed by atoms with E-state index in [0.29, 0.717) is 33.6 Å². The molecule has 0 amide bonds. The van der Waals surface area contributed by atoms with E-state index in [0.717, 1.165) is 13.0 Å². The molecule has 0 unspecified atom stereocenters. The molecule has 8 nitrogen and oxygen atoms in total. The van der Waals surface area contributed by atoms with Gasteiger partial charge in [0.2, 0.25) is 0 Å². The van der Waals surface area contributed by atoms with Crippen molar-refractivity contribution in [3.05, 3.63) is 46.6 Å². The molecule has 0 saturated heterocycles. The van der Waals surface area contributed by atoms with Crippen molar-refractivity contribution in [2.75, 3.05) is 12.4 Å². The van der Waals surface area contributed by atoms with E-state index >= 15 is 0 Å². The van der Waals surface area contributed by atoms with Crippen molar-refractivity contribution in [2.24, 2.45) is 0 Å². The number of hydrogen-bond donors (Lipinski definition) is 0. The normalized spacial score (nSPS) is 13.4. The Balaban J connectivity index is 2.13. The van der Waals surface area contributed by atoms with Gasteiger partial charge >= 0.3 is 24.0 Å². The largest absolute Gasteiger partial charge is 0.485 e. The molecule has 34 heavy (non-hydrogen) atoms. The van der Waals surface area contributed by atoms with Gasteiger partial charge in [-0.25, -0.2) is 22.6 Å². The molecular formula is C17H12F8N4O4S. The summed E-state index contributed by atoms with van der Waals surface area (Å²) in [5, 5.41) is 3.72. The summed E-state index contributed by atoms with van der Waals surface area (Å²) in [5.74, 6) is -7.40. The highest BCUT2D eigenvalue weighted by Crippen LogP contribution is 2.36. The molecule has 17 heteroatoms. The average molecular weight is 520 g/mol. The van der Waals surface area contributed by atoms with Gasteiger partial charge in [0, 0.05) is 12.3 Å². The lowest BCUT2D eigenvalue weighted by Crippen LogP contribution is -2.41. The fourth-order valence-electron chi connectivity index (χ4n) is 2.58. The van der Waals surface area contributed by atoms with E-state index < -0.39 is 68.2 Å². The summed E-state index contributed by atoms with van der Waals surface area (Å²) in [5.41, 5.74) is -2.77. The molecular weight excluding hydrogens is 508 g/mol. The SMILES string of the molecule is CCS(=O)(=O)c1cc(OCC(F)(F)C(F)(F)F)cnc1-n1nc2ccc(C(F)(F)F)cn2c1=O. The van der Waals surface area contributed by atoms with E-state index in [1.807, 2.05) is 0 Å². The Morgan fingerprint density at radius 3 is 2.26 bits per heavy atom. The summed E-state index contributed by atoms with van der Waals surface area (Å²) in [6.45, 7) is -1.02. The number of aromatic nitrogens is 4. The smallest absolute Gasteiger partial charge is 0.456 e. The van der Waals surface area contributed by atoms with Crippen molar-refractivity contribution in [1.29, 1.82) is 0 Å². The van der Waals surface area contributed by atoms with Crippen LogP contribution in [0.1, 0.15) is 12.5 Å². The van der Waals surface area contributed by atoms with Crippen molar-refractivity contribution in [3.63, 3.8) is 0 Å². The number of nitrogens with zero attached hydrogens (tertiary/aromatic N) is 4. The van der Waals surface area contributed by atoms with E-state index in [-0.39, 0.29) is 5.65 Å². The van der Waals surface area contributed by atoms with E-state index in [4.69, 9.17) is 0 Å². The fourth-order valence-corrected chi connectivity index (χ4v) is 3.60. The van der Waals surface area contributed by atoms with Gasteiger partial charge in [-0.2, -0.15) is 39.8 Å². The quantitative estimate of drug-likeness (QED) is 0.463. The van der Waals surface area contributed by atoms with Gasteiger partial charge < -0.3 is 4.74 Å². The molecule has 3 heterocycles. The Labute approximate surface area is 184 Å². The summed E-state index contributed by atoms with van der Waals surface area (Å²) < 4.78 is 132. The molecule has 0 saturated carbocycles. The van der Waals surface area contributed by atoms with Crippen LogP contribution in [0, 0.1) is 0 Å². The van der Waals surface area contributed by atoms with E-state index in [9.17, 15) is 48.3 Å². The minimum atomic E-state index is -5.93. The van der Waals surface area contributed by atoms with Crippen LogP contribution in [0.5, 0.6) is 5.75 Å². The lowest BCUT2D eigenvalue weighted by Gasteiger charge is -2.20. The van der Waals surface area contributed by atoms with Crippen LogP contribution in [0.15, 0.2) is 40.3 Å². The van der Waals surface area contributed by atoms with Gasteiger partial charge in [0.1, 0.15) is 10.6 Å². The number of halogens is 8. The van der Waals surface area contributed by atoms with E-state index in [1.165, 1.54) is 0 Å². The van der Waals surface area contributed by atoms with Gasteiger partial charge in [0.15, 0.2) is 27.9 Å². The summed E-state index contributed by atoms with van der Waals surface area (Å²) >= 11 is 0. The van der Waals surface area contributed by atoms with Crippen molar-refractivity contribution >= 4 is 15.5 Å². The second-order valence-electron chi connectivity index (χ2n) is 6.73. The number of alkyl halides is 8. The Bertz CT molecular complexity index is 1390. The lowest BCUT2D eigenvalue weighted by atomic mass is 10.3. The highest BCUT2D eigenvalue weighted by atomic mass is 32.2. The predicted octanol–water partition coefficient (Wildman–Crippen LogP) is 3.27. The monoisotopic (exact) mass is 520 g/mol. The number of fused-ring (bicyclic) bond motifs is 1. The minimum Gasteiger partial charge on any atom is -0.485 e. The second kappa shape index (κ2) is 8.21. The van der Waals surface area contributed by atoms with Gasteiger partial charge in [-0.3, -0.25) is 0 Å². The third kappa shape index (κ3) is 4.69. The molecule has 0 aromatic carbocycles. The zero-order valence-corrected chi connectivity index (χ0v) is 17.5. The van der Waals surface area contributed by atoms with E-state index in [1.54, 1.807) is 0 Å². The van der Waals surface area contributed by atoms with Gasteiger partial charge in [-0.15, -0.1) is 5.10 Å². The molecule has 3 aromatic heterocycles. The maximum atomic E-state index is 13.1. The molecule has 0 fully saturated rings. The van der Waals surface area contributed by atoms with Gasteiger partial charge in [0.25, 0.3) is 0 Å². The van der Waals surface area contributed by atoms with Crippen LogP contribution >= 0.6 is 0 Å². The maximum Gasteiger partial charge on any atom is 0.456 e. The van der Waals surface area contributed by atoms with Crippen LogP contribution in [0.2, 0.25) is 0 Å². The Hall–Kier alpha value is -3.24. The van der Waals surface area contributed by atoms with E-state index in [2.05, 4.69) is 14.8 Å². The summed E-state index contributed by atoms with van der Waals surface area (Å²) in [7, 11) is -4.31. The molecule has 0 aliphatic carbocycles. The first-order valence-electron chi connectivity index (χ1n) is 8.97. The molecule has 0 bridgehead atoms. The third-order valence-corrected chi connectivity index (χ3v) is 6.13. The molecule has 0 atom stereocenters. The molecule has 0 radical (unpaired) electrons. The summed E-state index contributed by atoms with van der Waals surface area (Å²) in [6.07, 6.45) is -9.75. The third-order valence-electron chi connectivity index (χ3n) is 4.40. The van der Waals surface area contributed by atoms with Crippen molar-refractivity contribution < 1.29 is 48.3 Å². The number of pyridine rings is 2. The van der Waals surface area contributed by atoms with Crippen LogP contribution in [-0.2, 0) is 16.0 Å². The first-order valence-corrected chi connectivity index (χ1v) is 10.6. The Morgan fingerprint density at radius 2 is 1.71 bits per heavy atom. The second-order valence-corrected chi connectivity index (χ2v) is 8.97. The van der Waals surface area contributed by atoms with Crippen LogP contribution in [0.25, 0.3) is 11.5 Å². The molecule has 0 N–H and O–H groups in total. The number of ether oxygens (including phenoxy) is 1. The van der Waals surface area contributed by atoms with Crippen molar-refractivity contribution in [3.8, 4) is 11.6 Å². The van der Waals surface area contributed by atoms with Gasteiger partial charge in [-0.1, -0.05) is 6.92 Å². The van der Waals surface area contributed by atoms with Gasteiger partial charge in [-0.05, 0) is 12.1 Å². The fraction of sp³-hybridized carbons (Fsp3) is 0.353. The molecule has 3 aromatic rings. The van der Waals surface area contributed by atoms with Crippen LogP contribution in [0.3, 0.4) is 0 Å². The number of sulfone groups is 1. The van der Waals surface area contributed by atoms with Crippen molar-refractivity contribution in [2.45, 2.75) is 30.1 Å². The summed E-state index contributed by atoms with van der Waals surface area (Å²) in [6, 6.07) is 2.03. The standard InChI is InChI=1S/C17H12F8N4O4S/c1-2-34(31,32)11-5-10(33-8-15(18,19)17(23,24)25)6-26-13(11)29-14(30)28-7-9(16(20,21)22)3-4-12(28)27-29/h3-7H,2,8H2,1H3. The molecule has 0 spiro atoms. The molecule has 3 rings (SSSR count). The van der Waals surface area contributed by atoms with Crippen LogP contribution in [-0.4, -0.2) is 52.0 Å².